The molecule has 0 aromatic carbocycles. The third-order valence-corrected chi connectivity index (χ3v) is 11.5. The summed E-state index contributed by atoms with van der Waals surface area (Å²) in [5.41, 5.74) is -0.153. The molecule has 4 unspecified atom stereocenters. The molecule has 33 heavy (non-hydrogen) atoms. The van der Waals surface area contributed by atoms with Crippen molar-refractivity contribution in [2.45, 2.75) is 103 Å². The highest BCUT2D eigenvalue weighted by molar-refractivity contribution is 5.14. The highest BCUT2D eigenvalue weighted by Crippen LogP contribution is 2.68. The van der Waals surface area contributed by atoms with Gasteiger partial charge in [0, 0.05) is 5.92 Å². The Morgan fingerprint density at radius 2 is 1.58 bits per heavy atom. The van der Waals surface area contributed by atoms with Crippen LogP contribution in [0.5, 0.6) is 0 Å². The Hall–Kier alpha value is -0.240. The predicted molar refractivity (Wildman–Crippen MR) is 126 cm³/mol. The maximum absolute atomic E-state index is 11.6. The zero-order valence-corrected chi connectivity index (χ0v) is 20.8. The first-order chi connectivity index (χ1) is 15.6. The van der Waals surface area contributed by atoms with E-state index in [9.17, 15) is 30.6 Å². The lowest BCUT2D eigenvalue weighted by molar-refractivity contribution is -0.207. The van der Waals surface area contributed by atoms with Crippen LogP contribution in [0.15, 0.2) is 0 Å². The largest absolute Gasteiger partial charge is 0.396 e. The minimum absolute atomic E-state index is 0.0862. The normalized spacial score (nSPS) is 49.3. The van der Waals surface area contributed by atoms with Crippen LogP contribution >= 0.6 is 0 Å². The zero-order chi connectivity index (χ0) is 24.1. The summed E-state index contributed by atoms with van der Waals surface area (Å²) in [5, 5.41) is 62.4. The molecule has 0 heterocycles. The molecule has 192 valence electrons. The molecule has 0 amide bonds. The Kier molecular flexibility index (Phi) is 7.57. The van der Waals surface area contributed by atoms with Gasteiger partial charge in [0.25, 0.3) is 0 Å². The second-order valence-corrected chi connectivity index (χ2v) is 12.8. The molecule has 0 aromatic rings. The van der Waals surface area contributed by atoms with Gasteiger partial charge in [-0.25, -0.2) is 0 Å². The highest BCUT2D eigenvalue weighted by Gasteiger charge is 2.65. The molecular formula is C27H48O6. The predicted octanol–water partition coefficient (Wildman–Crippen LogP) is 2.33. The van der Waals surface area contributed by atoms with E-state index in [-0.39, 0.29) is 42.2 Å². The molecule has 6 heteroatoms. The molecule has 4 rings (SSSR count). The Labute approximate surface area is 199 Å². The van der Waals surface area contributed by atoms with Gasteiger partial charge >= 0.3 is 0 Å². The summed E-state index contributed by atoms with van der Waals surface area (Å²) >= 11 is 0. The third kappa shape index (κ3) is 4.21. The second-order valence-electron chi connectivity index (χ2n) is 12.8. The molecule has 0 radical (unpaired) electrons. The highest BCUT2D eigenvalue weighted by atomic mass is 16.3. The topological polar surface area (TPSA) is 121 Å². The first-order valence-corrected chi connectivity index (χ1v) is 13.5. The van der Waals surface area contributed by atoms with E-state index in [2.05, 4.69) is 20.8 Å². The summed E-state index contributed by atoms with van der Waals surface area (Å²) in [7, 11) is 0. The van der Waals surface area contributed by atoms with Crippen molar-refractivity contribution in [2.24, 2.45) is 52.3 Å². The summed E-state index contributed by atoms with van der Waals surface area (Å²) < 4.78 is 0. The number of hydrogen-bond acceptors (Lipinski definition) is 6. The number of aliphatic hydroxyl groups excluding tert-OH is 6. The Morgan fingerprint density at radius 3 is 2.24 bits per heavy atom. The second kappa shape index (κ2) is 9.67. The average Bonchev–Trinajstić information content (AvgIpc) is 3.13. The fraction of sp³-hybridized carbons (Fsp3) is 1.00. The lowest BCUT2D eigenvalue weighted by Gasteiger charge is -2.63. The molecule has 0 bridgehead atoms. The maximum atomic E-state index is 11.6. The molecule has 0 saturated heterocycles. The van der Waals surface area contributed by atoms with Crippen LogP contribution in [0.4, 0.5) is 0 Å². The molecule has 6 nitrogen and oxygen atoms in total. The van der Waals surface area contributed by atoms with Crippen LogP contribution in [0.25, 0.3) is 0 Å². The quantitative estimate of drug-likeness (QED) is 0.341. The van der Waals surface area contributed by atoms with Crippen molar-refractivity contribution in [3.63, 3.8) is 0 Å². The average molecular weight is 469 g/mol. The van der Waals surface area contributed by atoms with Crippen LogP contribution in [0.1, 0.15) is 78.6 Å². The van der Waals surface area contributed by atoms with Crippen LogP contribution in [0.2, 0.25) is 0 Å². The minimum Gasteiger partial charge on any atom is -0.396 e. The molecule has 4 aliphatic rings. The van der Waals surface area contributed by atoms with Gasteiger partial charge in [0.2, 0.25) is 0 Å². The lowest BCUT2D eigenvalue weighted by atomic mass is 9.43. The summed E-state index contributed by atoms with van der Waals surface area (Å²) in [4.78, 5) is 0. The standard InChI is InChI=1S/C27H48O6/c1-15(4-7-22(31)16(13-28)14-29)19-5-6-20-25-21(12-24(33)27(19,20)3)26(2)9-8-18(30)10-17(26)11-23(25)32/h15-25,28-33H,4-14H2,1-3H3/t15-,17+,18-,19?,20?,21?,22-,23-,24+,25?,26+,27-/m1/s1. The summed E-state index contributed by atoms with van der Waals surface area (Å²) in [6.45, 7) is 6.39. The number of fused-ring (bicyclic) bond motifs is 5. The molecule has 6 N–H and O–H groups in total. The van der Waals surface area contributed by atoms with E-state index in [1.807, 2.05) is 0 Å². The van der Waals surface area contributed by atoms with Crippen molar-refractivity contribution < 1.29 is 30.6 Å². The third-order valence-electron chi connectivity index (χ3n) is 11.5. The molecular weight excluding hydrogens is 420 g/mol. The molecule has 0 spiro atoms. The van der Waals surface area contributed by atoms with E-state index in [0.717, 1.165) is 51.4 Å². The van der Waals surface area contributed by atoms with Crippen molar-refractivity contribution in [3.8, 4) is 0 Å². The molecule has 0 aliphatic heterocycles. The molecule has 0 aromatic heterocycles. The molecule has 4 saturated carbocycles. The first kappa shape index (κ1) is 25.8. The number of rotatable bonds is 7. The van der Waals surface area contributed by atoms with Gasteiger partial charge in [-0.3, -0.25) is 0 Å². The lowest BCUT2D eigenvalue weighted by Crippen LogP contribution is -2.62. The van der Waals surface area contributed by atoms with E-state index in [4.69, 9.17) is 0 Å². The molecule has 4 aliphatic carbocycles. The van der Waals surface area contributed by atoms with Gasteiger partial charge in [-0.05, 0) is 104 Å². The zero-order valence-electron chi connectivity index (χ0n) is 20.8. The number of aliphatic hydroxyl groups is 6. The smallest absolute Gasteiger partial charge is 0.0612 e. The van der Waals surface area contributed by atoms with Crippen LogP contribution in [0, 0.1) is 52.3 Å². The summed E-state index contributed by atoms with van der Waals surface area (Å²) in [5.74, 6) is 1.29. The van der Waals surface area contributed by atoms with Gasteiger partial charge in [-0.2, -0.15) is 0 Å². The van der Waals surface area contributed by atoms with Crippen LogP contribution in [0.3, 0.4) is 0 Å². The van der Waals surface area contributed by atoms with Gasteiger partial charge in [0.05, 0.1) is 37.6 Å². The SMILES string of the molecule is C[C@H](CC[C@@H](O)C(CO)CO)C1CCC2C3C(C[C@H](O)[C@@]21C)[C@@]1(C)CC[C@@H](O)C[C@H]1C[C@H]3O. The summed E-state index contributed by atoms with van der Waals surface area (Å²) in [6.07, 6.45) is 5.77. The minimum atomic E-state index is -0.716. The van der Waals surface area contributed by atoms with Gasteiger partial charge in [-0.15, -0.1) is 0 Å². The Morgan fingerprint density at radius 1 is 0.879 bits per heavy atom. The summed E-state index contributed by atoms with van der Waals surface area (Å²) in [6, 6.07) is 0. The van der Waals surface area contributed by atoms with Crippen molar-refractivity contribution in [3.05, 3.63) is 0 Å². The Bertz CT molecular complexity index is 669. The van der Waals surface area contributed by atoms with Crippen molar-refractivity contribution in [2.75, 3.05) is 13.2 Å². The van der Waals surface area contributed by atoms with Gasteiger partial charge in [-0.1, -0.05) is 20.8 Å². The maximum Gasteiger partial charge on any atom is 0.0612 e. The van der Waals surface area contributed by atoms with Gasteiger partial charge in [0.1, 0.15) is 0 Å². The molecule has 4 fully saturated rings. The van der Waals surface area contributed by atoms with Crippen molar-refractivity contribution in [1.82, 2.24) is 0 Å². The van der Waals surface area contributed by atoms with Crippen LogP contribution < -0.4 is 0 Å². The van der Waals surface area contributed by atoms with Gasteiger partial charge in [0.15, 0.2) is 0 Å². The fourth-order valence-electron chi connectivity index (χ4n) is 9.30. The molecule has 12 atom stereocenters. The monoisotopic (exact) mass is 468 g/mol. The van der Waals surface area contributed by atoms with E-state index >= 15 is 0 Å². The Balaban J connectivity index is 1.51. The van der Waals surface area contributed by atoms with E-state index in [1.54, 1.807) is 0 Å². The van der Waals surface area contributed by atoms with Crippen LogP contribution in [-0.2, 0) is 0 Å². The van der Waals surface area contributed by atoms with Gasteiger partial charge < -0.3 is 30.6 Å². The van der Waals surface area contributed by atoms with Crippen molar-refractivity contribution >= 4 is 0 Å². The van der Waals surface area contributed by atoms with E-state index < -0.39 is 18.1 Å². The van der Waals surface area contributed by atoms with E-state index in [1.165, 1.54) is 0 Å². The van der Waals surface area contributed by atoms with Crippen LogP contribution in [-0.4, -0.2) is 68.3 Å². The van der Waals surface area contributed by atoms with E-state index in [0.29, 0.717) is 36.0 Å². The number of hydrogen-bond donors (Lipinski definition) is 6. The fourth-order valence-corrected chi connectivity index (χ4v) is 9.30. The van der Waals surface area contributed by atoms with Crippen molar-refractivity contribution in [1.29, 1.82) is 0 Å². The first-order valence-electron chi connectivity index (χ1n) is 13.5.